The second-order valence-corrected chi connectivity index (χ2v) is 3.65. The summed E-state index contributed by atoms with van der Waals surface area (Å²) in [5.74, 6) is -0.631. The van der Waals surface area contributed by atoms with E-state index >= 15 is 0 Å². The van der Waals surface area contributed by atoms with Crippen molar-refractivity contribution in [3.63, 3.8) is 0 Å². The number of hydrogen-bond donors (Lipinski definition) is 1. The number of rotatable bonds is 6. The average molecular weight is 184 g/mol. The molecule has 0 aromatic carbocycles. The van der Waals surface area contributed by atoms with Crippen LogP contribution in [-0.2, 0) is 4.79 Å². The van der Waals surface area contributed by atoms with Crippen molar-refractivity contribution < 1.29 is 9.90 Å². The van der Waals surface area contributed by atoms with Gasteiger partial charge in [-0.25, -0.2) is 0 Å². The van der Waals surface area contributed by atoms with Gasteiger partial charge >= 0.3 is 5.97 Å². The van der Waals surface area contributed by atoms with E-state index in [1.165, 1.54) is 0 Å². The van der Waals surface area contributed by atoms with Crippen LogP contribution in [0.4, 0.5) is 0 Å². The normalized spacial score (nSPS) is 13.8. The van der Waals surface area contributed by atoms with E-state index in [1.54, 1.807) is 0 Å². The third-order valence-electron chi connectivity index (χ3n) is 2.17. The van der Waals surface area contributed by atoms with Crippen LogP contribution >= 0.6 is 0 Å². The molecule has 1 atom stereocenters. The van der Waals surface area contributed by atoms with Gasteiger partial charge in [-0.2, -0.15) is 0 Å². The number of carbonyl (C=O) groups is 1. The maximum Gasteiger partial charge on any atom is 0.306 e. The molecular formula is C11H20O2. The fraction of sp³-hybridized carbons (Fsp3) is 0.727. The minimum atomic E-state index is -0.667. The van der Waals surface area contributed by atoms with E-state index in [0.29, 0.717) is 0 Å². The first-order valence-electron chi connectivity index (χ1n) is 4.97. The molecule has 0 heterocycles. The Balaban J connectivity index is 3.84. The third kappa shape index (κ3) is 5.45. The molecule has 1 unspecified atom stereocenters. The van der Waals surface area contributed by atoms with Crippen LogP contribution in [0.3, 0.4) is 0 Å². The van der Waals surface area contributed by atoms with Crippen LogP contribution in [-0.4, -0.2) is 11.1 Å². The molecule has 0 aliphatic rings. The SMILES string of the molecule is CC/C=C/CCC(C(=O)O)C(C)C. The van der Waals surface area contributed by atoms with E-state index in [4.69, 9.17) is 5.11 Å². The van der Waals surface area contributed by atoms with E-state index in [9.17, 15) is 4.79 Å². The standard InChI is InChI=1S/C11H20O2/c1-4-5-6-7-8-10(9(2)3)11(12)13/h5-6,9-10H,4,7-8H2,1-3H3,(H,12,13)/b6-5+. The first kappa shape index (κ1) is 12.2. The first-order valence-corrected chi connectivity index (χ1v) is 4.97. The lowest BCUT2D eigenvalue weighted by Crippen LogP contribution is -2.19. The summed E-state index contributed by atoms with van der Waals surface area (Å²) in [6.45, 7) is 6.00. The lowest BCUT2D eigenvalue weighted by molar-refractivity contribution is -0.143. The van der Waals surface area contributed by atoms with Crippen LogP contribution in [0.15, 0.2) is 12.2 Å². The molecule has 0 spiro atoms. The molecule has 0 radical (unpaired) electrons. The van der Waals surface area contributed by atoms with Gasteiger partial charge in [0.1, 0.15) is 0 Å². The van der Waals surface area contributed by atoms with Crippen LogP contribution in [0.1, 0.15) is 40.0 Å². The minimum Gasteiger partial charge on any atom is -0.481 e. The topological polar surface area (TPSA) is 37.3 Å². The van der Waals surface area contributed by atoms with Crippen molar-refractivity contribution in [3.05, 3.63) is 12.2 Å². The Morgan fingerprint density at radius 2 is 2.00 bits per heavy atom. The summed E-state index contributed by atoms with van der Waals surface area (Å²) >= 11 is 0. The highest BCUT2D eigenvalue weighted by molar-refractivity contribution is 5.70. The van der Waals surface area contributed by atoms with E-state index in [2.05, 4.69) is 19.1 Å². The molecule has 0 amide bonds. The van der Waals surface area contributed by atoms with E-state index in [1.807, 2.05) is 13.8 Å². The summed E-state index contributed by atoms with van der Waals surface area (Å²) in [5, 5.41) is 8.88. The summed E-state index contributed by atoms with van der Waals surface area (Å²) in [6.07, 6.45) is 6.81. The minimum absolute atomic E-state index is 0.193. The first-order chi connectivity index (χ1) is 6.09. The van der Waals surface area contributed by atoms with Crippen molar-refractivity contribution >= 4 is 5.97 Å². The van der Waals surface area contributed by atoms with Gasteiger partial charge in [0, 0.05) is 0 Å². The quantitative estimate of drug-likeness (QED) is 0.644. The third-order valence-corrected chi connectivity index (χ3v) is 2.17. The number of carboxylic acids is 1. The van der Waals surface area contributed by atoms with Gasteiger partial charge in [-0.15, -0.1) is 0 Å². The van der Waals surface area contributed by atoms with Gasteiger partial charge in [-0.1, -0.05) is 32.9 Å². The molecule has 0 bridgehead atoms. The lowest BCUT2D eigenvalue weighted by Gasteiger charge is -2.14. The largest absolute Gasteiger partial charge is 0.481 e. The summed E-state index contributed by atoms with van der Waals surface area (Å²) in [7, 11) is 0. The highest BCUT2D eigenvalue weighted by Gasteiger charge is 2.19. The van der Waals surface area contributed by atoms with Gasteiger partial charge in [-0.05, 0) is 25.2 Å². The molecule has 0 aromatic heterocycles. The molecule has 1 N–H and O–H groups in total. The van der Waals surface area contributed by atoms with E-state index in [-0.39, 0.29) is 11.8 Å². The van der Waals surface area contributed by atoms with Crippen molar-refractivity contribution in [3.8, 4) is 0 Å². The molecule has 0 aliphatic heterocycles. The van der Waals surface area contributed by atoms with E-state index in [0.717, 1.165) is 19.3 Å². The Morgan fingerprint density at radius 1 is 1.38 bits per heavy atom. The van der Waals surface area contributed by atoms with Gasteiger partial charge in [-0.3, -0.25) is 4.79 Å². The van der Waals surface area contributed by atoms with Crippen molar-refractivity contribution in [2.24, 2.45) is 11.8 Å². The van der Waals surface area contributed by atoms with Gasteiger partial charge in [0.05, 0.1) is 5.92 Å². The number of carboxylic acid groups (broad SMARTS) is 1. The molecule has 0 aliphatic carbocycles. The molecule has 0 fully saturated rings. The van der Waals surface area contributed by atoms with Gasteiger partial charge < -0.3 is 5.11 Å². The Hall–Kier alpha value is -0.790. The fourth-order valence-electron chi connectivity index (χ4n) is 1.30. The second kappa shape index (κ2) is 6.70. The Bertz CT molecular complexity index is 171. The summed E-state index contributed by atoms with van der Waals surface area (Å²) in [5.41, 5.74) is 0. The number of hydrogen-bond acceptors (Lipinski definition) is 1. The monoisotopic (exact) mass is 184 g/mol. The Morgan fingerprint density at radius 3 is 2.38 bits per heavy atom. The van der Waals surface area contributed by atoms with Crippen LogP contribution < -0.4 is 0 Å². The molecule has 13 heavy (non-hydrogen) atoms. The fourth-order valence-corrected chi connectivity index (χ4v) is 1.30. The van der Waals surface area contributed by atoms with Crippen molar-refractivity contribution in [2.75, 3.05) is 0 Å². The predicted octanol–water partition coefficient (Wildman–Crippen LogP) is 3.09. The maximum absolute atomic E-state index is 10.8. The van der Waals surface area contributed by atoms with Crippen molar-refractivity contribution in [2.45, 2.75) is 40.0 Å². The molecular weight excluding hydrogens is 164 g/mol. The zero-order chi connectivity index (χ0) is 10.3. The van der Waals surface area contributed by atoms with E-state index < -0.39 is 5.97 Å². The van der Waals surface area contributed by atoms with Crippen LogP contribution in [0, 0.1) is 11.8 Å². The van der Waals surface area contributed by atoms with Crippen LogP contribution in [0.2, 0.25) is 0 Å². The molecule has 0 aromatic rings. The smallest absolute Gasteiger partial charge is 0.306 e. The maximum atomic E-state index is 10.8. The molecule has 0 rings (SSSR count). The van der Waals surface area contributed by atoms with Gasteiger partial charge in [0.2, 0.25) is 0 Å². The highest BCUT2D eigenvalue weighted by atomic mass is 16.4. The summed E-state index contributed by atoms with van der Waals surface area (Å²) < 4.78 is 0. The second-order valence-electron chi connectivity index (χ2n) is 3.65. The summed E-state index contributed by atoms with van der Waals surface area (Å²) in [6, 6.07) is 0. The van der Waals surface area contributed by atoms with Crippen molar-refractivity contribution in [1.29, 1.82) is 0 Å². The number of aliphatic carboxylic acids is 1. The Labute approximate surface area is 80.7 Å². The zero-order valence-electron chi connectivity index (χ0n) is 8.79. The van der Waals surface area contributed by atoms with Crippen LogP contribution in [0.5, 0.6) is 0 Å². The van der Waals surface area contributed by atoms with Gasteiger partial charge in [0.25, 0.3) is 0 Å². The highest BCUT2D eigenvalue weighted by Crippen LogP contribution is 2.17. The predicted molar refractivity (Wildman–Crippen MR) is 54.6 cm³/mol. The molecule has 2 nitrogen and oxygen atoms in total. The number of allylic oxidation sites excluding steroid dienone is 2. The van der Waals surface area contributed by atoms with Gasteiger partial charge in [0.15, 0.2) is 0 Å². The van der Waals surface area contributed by atoms with Crippen LogP contribution in [0.25, 0.3) is 0 Å². The Kier molecular flexibility index (Phi) is 6.29. The molecule has 0 saturated carbocycles. The van der Waals surface area contributed by atoms with Crippen molar-refractivity contribution in [1.82, 2.24) is 0 Å². The lowest BCUT2D eigenvalue weighted by atomic mass is 9.91. The molecule has 0 saturated heterocycles. The summed E-state index contributed by atoms with van der Waals surface area (Å²) in [4.78, 5) is 10.8. The molecule has 76 valence electrons. The zero-order valence-corrected chi connectivity index (χ0v) is 8.79. The molecule has 2 heteroatoms. The average Bonchev–Trinajstić information content (AvgIpc) is 2.02.